The minimum Gasteiger partial charge on any atom is -0.313 e. The van der Waals surface area contributed by atoms with Crippen LogP contribution in [0, 0.1) is 0 Å². The molecule has 3 N–H and O–H groups in total. The average molecular weight is 245 g/mol. The van der Waals surface area contributed by atoms with Gasteiger partial charge >= 0.3 is 0 Å². The Labute approximate surface area is 96.9 Å². The fourth-order valence-corrected chi connectivity index (χ4v) is 2.83. The minimum absolute atomic E-state index is 0.176. The van der Waals surface area contributed by atoms with E-state index in [0.717, 1.165) is 38.8 Å². The van der Waals surface area contributed by atoms with Crippen LogP contribution in [0.25, 0.3) is 0 Å². The Bertz CT molecular complexity index is 360. The monoisotopic (exact) mass is 245 g/mol. The van der Waals surface area contributed by atoms with Gasteiger partial charge in [-0.25, -0.2) is 4.72 Å². The number of hydrogen-bond acceptors (Lipinski definition) is 3. The van der Waals surface area contributed by atoms with Gasteiger partial charge in [0.25, 0.3) is 10.2 Å². The van der Waals surface area contributed by atoms with Gasteiger partial charge in [0.1, 0.15) is 0 Å². The Hall–Kier alpha value is -0.430. The maximum absolute atomic E-state index is 11.5. The first-order chi connectivity index (χ1) is 7.66. The summed E-state index contributed by atoms with van der Waals surface area (Å²) in [5.74, 6) is 0. The molecule has 2 aliphatic rings. The van der Waals surface area contributed by atoms with Crippen molar-refractivity contribution < 1.29 is 8.42 Å². The van der Waals surface area contributed by atoms with E-state index in [0.29, 0.717) is 6.54 Å². The van der Waals surface area contributed by atoms with Gasteiger partial charge in [-0.05, 0) is 32.2 Å². The highest BCUT2D eigenvalue weighted by Crippen LogP contribution is 2.19. The molecule has 16 heavy (non-hydrogen) atoms. The lowest BCUT2D eigenvalue weighted by atomic mass is 10.1. The van der Waals surface area contributed by atoms with Gasteiger partial charge in [-0.1, -0.05) is 11.6 Å². The first-order valence-corrected chi connectivity index (χ1v) is 7.29. The van der Waals surface area contributed by atoms with E-state index in [1.165, 1.54) is 5.57 Å². The molecule has 0 amide bonds. The summed E-state index contributed by atoms with van der Waals surface area (Å²) in [6, 6.07) is 0.176. The lowest BCUT2D eigenvalue weighted by Crippen LogP contribution is -2.38. The van der Waals surface area contributed by atoms with E-state index in [-0.39, 0.29) is 6.04 Å². The number of nitrogens with one attached hydrogen (secondary N) is 3. The molecule has 6 heteroatoms. The summed E-state index contributed by atoms with van der Waals surface area (Å²) in [4.78, 5) is 0. The molecule has 0 saturated heterocycles. The van der Waals surface area contributed by atoms with E-state index in [2.05, 4.69) is 20.8 Å². The molecule has 0 aromatic heterocycles. The van der Waals surface area contributed by atoms with Crippen LogP contribution in [0.2, 0.25) is 0 Å². The van der Waals surface area contributed by atoms with Crippen molar-refractivity contribution in [2.24, 2.45) is 0 Å². The SMILES string of the molecule is O=S(=O)(NCCC1=CCNCC1)NC1CC1. The highest BCUT2D eigenvalue weighted by atomic mass is 32.2. The lowest BCUT2D eigenvalue weighted by molar-refractivity contribution is 0.564. The molecule has 1 saturated carbocycles. The largest absolute Gasteiger partial charge is 0.313 e. The molecular weight excluding hydrogens is 226 g/mol. The topological polar surface area (TPSA) is 70.2 Å². The summed E-state index contributed by atoms with van der Waals surface area (Å²) < 4.78 is 28.1. The molecule has 0 radical (unpaired) electrons. The van der Waals surface area contributed by atoms with Crippen LogP contribution in [-0.2, 0) is 10.2 Å². The van der Waals surface area contributed by atoms with Gasteiger partial charge in [-0.3, -0.25) is 0 Å². The smallest absolute Gasteiger partial charge is 0.277 e. The quantitative estimate of drug-likeness (QED) is 0.572. The van der Waals surface area contributed by atoms with Crippen molar-refractivity contribution in [3.63, 3.8) is 0 Å². The molecule has 92 valence electrons. The minimum atomic E-state index is -3.26. The van der Waals surface area contributed by atoms with Gasteiger partial charge < -0.3 is 5.32 Å². The highest BCUT2D eigenvalue weighted by Gasteiger charge is 2.26. The molecular formula is C10H19N3O2S. The van der Waals surface area contributed by atoms with E-state index < -0.39 is 10.2 Å². The van der Waals surface area contributed by atoms with Crippen molar-refractivity contribution in [1.82, 2.24) is 14.8 Å². The summed E-state index contributed by atoms with van der Waals surface area (Å²) in [6.07, 6.45) is 5.92. The third kappa shape index (κ3) is 4.21. The Kier molecular flexibility index (Phi) is 3.96. The fourth-order valence-electron chi connectivity index (χ4n) is 1.70. The summed E-state index contributed by atoms with van der Waals surface area (Å²) in [7, 11) is -3.26. The summed E-state index contributed by atoms with van der Waals surface area (Å²) in [5, 5.41) is 3.23. The van der Waals surface area contributed by atoms with Crippen LogP contribution in [0.4, 0.5) is 0 Å². The zero-order valence-electron chi connectivity index (χ0n) is 9.33. The molecule has 0 aromatic carbocycles. The van der Waals surface area contributed by atoms with Crippen LogP contribution < -0.4 is 14.8 Å². The molecule has 0 spiro atoms. The third-order valence-electron chi connectivity index (χ3n) is 2.80. The predicted molar refractivity (Wildman–Crippen MR) is 63.3 cm³/mol. The maximum atomic E-state index is 11.5. The van der Waals surface area contributed by atoms with E-state index in [1.807, 2.05) is 0 Å². The Morgan fingerprint density at radius 1 is 1.44 bits per heavy atom. The van der Waals surface area contributed by atoms with Crippen LogP contribution in [-0.4, -0.2) is 34.1 Å². The molecule has 0 bridgehead atoms. The number of rotatable bonds is 6. The summed E-state index contributed by atoms with van der Waals surface area (Å²) in [5.41, 5.74) is 1.34. The molecule has 0 unspecified atom stereocenters. The van der Waals surface area contributed by atoms with Crippen molar-refractivity contribution in [2.75, 3.05) is 19.6 Å². The van der Waals surface area contributed by atoms with Crippen LogP contribution in [0.3, 0.4) is 0 Å². The van der Waals surface area contributed by atoms with E-state index in [4.69, 9.17) is 0 Å². The molecule has 1 aliphatic heterocycles. The first-order valence-electron chi connectivity index (χ1n) is 5.81. The van der Waals surface area contributed by atoms with Crippen LogP contribution in [0.5, 0.6) is 0 Å². The van der Waals surface area contributed by atoms with Gasteiger partial charge in [0, 0.05) is 19.1 Å². The second-order valence-electron chi connectivity index (χ2n) is 4.36. The zero-order chi connectivity index (χ0) is 11.4. The van der Waals surface area contributed by atoms with E-state index in [9.17, 15) is 8.42 Å². The van der Waals surface area contributed by atoms with Crippen LogP contribution in [0.1, 0.15) is 25.7 Å². The molecule has 0 aromatic rings. The average Bonchev–Trinajstić information content (AvgIpc) is 3.02. The predicted octanol–water partition coefficient (Wildman–Crippen LogP) is -0.117. The first kappa shape index (κ1) is 12.0. The Morgan fingerprint density at radius 2 is 2.25 bits per heavy atom. The molecule has 1 fully saturated rings. The second kappa shape index (κ2) is 5.27. The van der Waals surface area contributed by atoms with Gasteiger partial charge in [0.2, 0.25) is 0 Å². The van der Waals surface area contributed by atoms with Crippen LogP contribution in [0.15, 0.2) is 11.6 Å². The highest BCUT2D eigenvalue weighted by molar-refractivity contribution is 7.87. The molecule has 2 rings (SSSR count). The second-order valence-corrected chi connectivity index (χ2v) is 5.89. The molecule has 1 aliphatic carbocycles. The van der Waals surface area contributed by atoms with Gasteiger partial charge in [-0.15, -0.1) is 0 Å². The fraction of sp³-hybridized carbons (Fsp3) is 0.800. The molecule has 1 heterocycles. The van der Waals surface area contributed by atoms with Crippen molar-refractivity contribution in [1.29, 1.82) is 0 Å². The normalized spacial score (nSPS) is 21.9. The molecule has 5 nitrogen and oxygen atoms in total. The van der Waals surface area contributed by atoms with Gasteiger partial charge in [-0.2, -0.15) is 13.1 Å². The van der Waals surface area contributed by atoms with Crippen molar-refractivity contribution in [2.45, 2.75) is 31.7 Å². The summed E-state index contributed by atoms with van der Waals surface area (Å²) in [6.45, 7) is 2.40. The van der Waals surface area contributed by atoms with E-state index in [1.54, 1.807) is 0 Å². The summed E-state index contributed by atoms with van der Waals surface area (Å²) >= 11 is 0. The van der Waals surface area contributed by atoms with Crippen molar-refractivity contribution in [3.8, 4) is 0 Å². The van der Waals surface area contributed by atoms with E-state index >= 15 is 0 Å². The lowest BCUT2D eigenvalue weighted by Gasteiger charge is -2.14. The zero-order valence-corrected chi connectivity index (χ0v) is 10.1. The maximum Gasteiger partial charge on any atom is 0.277 e. The van der Waals surface area contributed by atoms with Crippen molar-refractivity contribution >= 4 is 10.2 Å². The van der Waals surface area contributed by atoms with Crippen LogP contribution >= 0.6 is 0 Å². The molecule has 0 atom stereocenters. The standard InChI is InChI=1S/C10H19N3O2S/c14-16(15,13-10-1-2-10)12-8-5-9-3-6-11-7-4-9/h3,10-13H,1-2,4-8H2. The van der Waals surface area contributed by atoms with Gasteiger partial charge in [0.05, 0.1) is 0 Å². The third-order valence-corrected chi connectivity index (χ3v) is 4.02. The van der Waals surface area contributed by atoms with Gasteiger partial charge in [0.15, 0.2) is 0 Å². The van der Waals surface area contributed by atoms with Crippen molar-refractivity contribution in [3.05, 3.63) is 11.6 Å². The number of hydrogen-bond donors (Lipinski definition) is 3. The Balaban J connectivity index is 1.68. The Morgan fingerprint density at radius 3 is 2.88 bits per heavy atom.